The smallest absolute Gasteiger partial charge is 0.142 e. The van der Waals surface area contributed by atoms with Gasteiger partial charge in [-0.25, -0.2) is 0 Å². The SMILES string of the molecule is COc1ccc(Cl)c(O)c1[C@H](N)C1CCC1.Cl. The molecule has 0 radical (unpaired) electrons. The number of methoxy groups -OCH3 is 1. The molecule has 1 aromatic rings. The Hall–Kier alpha value is -0.640. The van der Waals surface area contributed by atoms with Crippen LogP contribution in [-0.2, 0) is 0 Å². The van der Waals surface area contributed by atoms with Crippen molar-refractivity contribution in [1.29, 1.82) is 0 Å². The number of hydrogen-bond donors (Lipinski definition) is 2. The molecule has 2 rings (SSSR count). The van der Waals surface area contributed by atoms with Crippen LogP contribution in [0.25, 0.3) is 0 Å². The van der Waals surface area contributed by atoms with E-state index >= 15 is 0 Å². The highest BCUT2D eigenvalue weighted by atomic mass is 35.5. The summed E-state index contributed by atoms with van der Waals surface area (Å²) in [5, 5.41) is 10.3. The second-order valence-electron chi connectivity index (χ2n) is 4.23. The number of halogens is 2. The molecule has 1 aliphatic rings. The number of ether oxygens (including phenoxy) is 1. The van der Waals surface area contributed by atoms with E-state index in [0.29, 0.717) is 22.3 Å². The van der Waals surface area contributed by atoms with E-state index in [1.54, 1.807) is 19.2 Å². The Labute approximate surface area is 112 Å². The Morgan fingerprint density at radius 3 is 2.59 bits per heavy atom. The predicted octanol–water partition coefficient (Wildman–Crippen LogP) is 3.28. The molecule has 17 heavy (non-hydrogen) atoms. The van der Waals surface area contributed by atoms with Gasteiger partial charge in [0.25, 0.3) is 0 Å². The molecule has 0 heterocycles. The molecule has 96 valence electrons. The van der Waals surface area contributed by atoms with Gasteiger partial charge in [0.05, 0.1) is 17.7 Å². The number of nitrogens with two attached hydrogens (primary N) is 1. The van der Waals surface area contributed by atoms with Gasteiger partial charge in [-0.1, -0.05) is 18.0 Å². The van der Waals surface area contributed by atoms with Crippen molar-refractivity contribution in [3.05, 3.63) is 22.7 Å². The molecular weight excluding hydrogens is 261 g/mol. The van der Waals surface area contributed by atoms with Crippen molar-refractivity contribution in [3.8, 4) is 11.5 Å². The molecular formula is C12H17Cl2NO2. The summed E-state index contributed by atoms with van der Waals surface area (Å²) in [6.07, 6.45) is 3.43. The van der Waals surface area contributed by atoms with Crippen molar-refractivity contribution in [3.63, 3.8) is 0 Å². The highest BCUT2D eigenvalue weighted by molar-refractivity contribution is 6.32. The van der Waals surface area contributed by atoms with Gasteiger partial charge in [-0.2, -0.15) is 0 Å². The minimum Gasteiger partial charge on any atom is -0.506 e. The van der Waals surface area contributed by atoms with Crippen LogP contribution in [0, 0.1) is 5.92 Å². The molecule has 0 spiro atoms. The van der Waals surface area contributed by atoms with Crippen molar-refractivity contribution in [2.24, 2.45) is 11.7 Å². The Bertz CT molecular complexity index is 394. The zero-order valence-electron chi connectivity index (χ0n) is 9.65. The molecule has 1 fully saturated rings. The van der Waals surface area contributed by atoms with Gasteiger partial charge in [-0.3, -0.25) is 0 Å². The molecule has 0 aliphatic heterocycles. The van der Waals surface area contributed by atoms with Gasteiger partial charge in [-0.05, 0) is 30.9 Å². The lowest BCUT2D eigenvalue weighted by Gasteiger charge is -2.32. The lowest BCUT2D eigenvalue weighted by Crippen LogP contribution is -2.27. The quantitative estimate of drug-likeness (QED) is 0.892. The molecule has 0 unspecified atom stereocenters. The molecule has 0 bridgehead atoms. The van der Waals surface area contributed by atoms with E-state index in [4.69, 9.17) is 22.1 Å². The fourth-order valence-corrected chi connectivity index (χ4v) is 2.26. The van der Waals surface area contributed by atoms with Crippen LogP contribution in [0.4, 0.5) is 0 Å². The van der Waals surface area contributed by atoms with E-state index in [2.05, 4.69) is 0 Å². The van der Waals surface area contributed by atoms with E-state index in [9.17, 15) is 5.11 Å². The summed E-state index contributed by atoms with van der Waals surface area (Å²) < 4.78 is 5.22. The highest BCUT2D eigenvalue weighted by Gasteiger charge is 2.30. The Balaban J connectivity index is 0.00000144. The number of phenols is 1. The van der Waals surface area contributed by atoms with Crippen molar-refractivity contribution in [1.82, 2.24) is 0 Å². The van der Waals surface area contributed by atoms with Gasteiger partial charge in [-0.15, -0.1) is 12.4 Å². The number of hydrogen-bond acceptors (Lipinski definition) is 3. The third-order valence-corrected chi connectivity index (χ3v) is 3.64. The molecule has 0 amide bonds. The van der Waals surface area contributed by atoms with Gasteiger partial charge >= 0.3 is 0 Å². The number of rotatable bonds is 3. The maximum atomic E-state index is 9.96. The molecule has 0 aromatic heterocycles. The van der Waals surface area contributed by atoms with Gasteiger partial charge in [0.1, 0.15) is 11.5 Å². The molecule has 1 aromatic carbocycles. The summed E-state index contributed by atoms with van der Waals surface area (Å²) in [5.41, 5.74) is 6.79. The van der Waals surface area contributed by atoms with E-state index < -0.39 is 0 Å². The Kier molecular flexibility index (Phi) is 4.92. The van der Waals surface area contributed by atoms with Crippen LogP contribution in [0.2, 0.25) is 5.02 Å². The second-order valence-corrected chi connectivity index (χ2v) is 4.64. The van der Waals surface area contributed by atoms with Gasteiger partial charge in [0, 0.05) is 6.04 Å². The van der Waals surface area contributed by atoms with Crippen LogP contribution >= 0.6 is 24.0 Å². The van der Waals surface area contributed by atoms with Crippen molar-refractivity contribution in [2.45, 2.75) is 25.3 Å². The van der Waals surface area contributed by atoms with Crippen LogP contribution in [0.15, 0.2) is 12.1 Å². The van der Waals surface area contributed by atoms with Gasteiger partial charge < -0.3 is 15.6 Å². The van der Waals surface area contributed by atoms with Crippen LogP contribution < -0.4 is 10.5 Å². The molecule has 5 heteroatoms. The summed E-state index contributed by atoms with van der Waals surface area (Å²) >= 11 is 5.89. The predicted molar refractivity (Wildman–Crippen MR) is 71.2 cm³/mol. The first-order chi connectivity index (χ1) is 7.65. The number of phenolic OH excluding ortho intramolecular Hbond substituents is 1. The number of benzene rings is 1. The van der Waals surface area contributed by atoms with Gasteiger partial charge in [0.15, 0.2) is 0 Å². The van der Waals surface area contributed by atoms with Crippen LogP contribution in [0.1, 0.15) is 30.9 Å². The molecule has 1 aliphatic carbocycles. The monoisotopic (exact) mass is 277 g/mol. The Morgan fingerprint density at radius 2 is 2.12 bits per heavy atom. The number of aromatic hydroxyl groups is 1. The standard InChI is InChI=1S/C12H16ClNO2.ClH/c1-16-9-6-5-8(13)12(15)10(9)11(14)7-3-2-4-7;/h5-7,11,15H,2-4,14H2,1H3;1H/t11-;/m1./s1. The van der Waals surface area contributed by atoms with Gasteiger partial charge in [0.2, 0.25) is 0 Å². The summed E-state index contributed by atoms with van der Waals surface area (Å²) in [6, 6.07) is 3.17. The normalized spacial score (nSPS) is 16.9. The third kappa shape index (κ3) is 2.62. The van der Waals surface area contributed by atoms with E-state index in [1.165, 1.54) is 6.42 Å². The Morgan fingerprint density at radius 1 is 1.47 bits per heavy atom. The lowest BCUT2D eigenvalue weighted by molar-refractivity contribution is 0.255. The van der Waals surface area contributed by atoms with E-state index in [1.807, 2.05) is 0 Å². The molecule has 1 saturated carbocycles. The molecule has 3 nitrogen and oxygen atoms in total. The molecule has 0 saturated heterocycles. The average Bonchev–Trinajstić information content (AvgIpc) is 2.19. The minimum absolute atomic E-state index is 0. The third-order valence-electron chi connectivity index (χ3n) is 3.34. The zero-order chi connectivity index (χ0) is 11.7. The first-order valence-corrected chi connectivity index (χ1v) is 5.84. The molecule has 3 N–H and O–H groups in total. The largest absolute Gasteiger partial charge is 0.506 e. The van der Waals surface area contributed by atoms with E-state index in [-0.39, 0.29) is 24.2 Å². The minimum atomic E-state index is -0.192. The summed E-state index contributed by atoms with van der Waals surface area (Å²) in [5.74, 6) is 1.10. The lowest BCUT2D eigenvalue weighted by atomic mass is 9.77. The van der Waals surface area contributed by atoms with E-state index in [0.717, 1.165) is 12.8 Å². The van der Waals surface area contributed by atoms with Crippen LogP contribution in [0.5, 0.6) is 11.5 Å². The first kappa shape index (κ1) is 14.4. The maximum Gasteiger partial charge on any atom is 0.142 e. The second kappa shape index (κ2) is 5.80. The maximum absolute atomic E-state index is 9.96. The fourth-order valence-electron chi connectivity index (χ4n) is 2.10. The van der Waals surface area contributed by atoms with Crippen molar-refractivity contribution in [2.75, 3.05) is 7.11 Å². The van der Waals surface area contributed by atoms with Crippen LogP contribution in [0.3, 0.4) is 0 Å². The fraction of sp³-hybridized carbons (Fsp3) is 0.500. The topological polar surface area (TPSA) is 55.5 Å². The first-order valence-electron chi connectivity index (χ1n) is 5.46. The van der Waals surface area contributed by atoms with Crippen molar-refractivity contribution < 1.29 is 9.84 Å². The highest BCUT2D eigenvalue weighted by Crippen LogP contribution is 2.44. The molecule has 1 atom stereocenters. The average molecular weight is 278 g/mol. The van der Waals surface area contributed by atoms with Crippen LogP contribution in [-0.4, -0.2) is 12.2 Å². The zero-order valence-corrected chi connectivity index (χ0v) is 11.2. The summed E-state index contributed by atoms with van der Waals surface area (Å²) in [6.45, 7) is 0. The summed E-state index contributed by atoms with van der Waals surface area (Å²) in [7, 11) is 1.57. The summed E-state index contributed by atoms with van der Waals surface area (Å²) in [4.78, 5) is 0. The van der Waals surface area contributed by atoms with Crippen molar-refractivity contribution >= 4 is 24.0 Å².